The Balaban J connectivity index is 0.00000320. The zero-order valence-electron chi connectivity index (χ0n) is 17.8. The number of nitrogens with zero attached hydrogens (tertiary/aromatic N) is 5. The van der Waals surface area contributed by atoms with E-state index in [1.165, 1.54) is 0 Å². The van der Waals surface area contributed by atoms with E-state index in [0.29, 0.717) is 16.9 Å². The monoisotopic (exact) mass is 428 g/mol. The zero-order valence-corrected chi connectivity index (χ0v) is 18.6. The molecule has 1 N–H and O–H groups in total. The highest BCUT2D eigenvalue weighted by Gasteiger charge is 2.26. The van der Waals surface area contributed by atoms with Crippen LogP contribution in [0.2, 0.25) is 0 Å². The smallest absolute Gasteiger partial charge is 0.259 e. The number of piperazine rings is 1. The molecule has 0 radical (unpaired) electrons. The van der Waals surface area contributed by atoms with Crippen molar-refractivity contribution in [2.24, 2.45) is 0 Å². The van der Waals surface area contributed by atoms with Crippen molar-refractivity contribution < 1.29 is 4.79 Å². The van der Waals surface area contributed by atoms with Gasteiger partial charge in [0.1, 0.15) is 17.5 Å². The molecule has 1 aliphatic heterocycles. The van der Waals surface area contributed by atoms with E-state index in [1.807, 2.05) is 30.3 Å². The molecule has 160 valence electrons. The molecule has 0 spiro atoms. The van der Waals surface area contributed by atoms with E-state index in [4.69, 9.17) is 0 Å². The summed E-state index contributed by atoms with van der Waals surface area (Å²) in [6.45, 7) is 5.96. The number of carbonyl (C=O) groups is 1. The van der Waals surface area contributed by atoms with E-state index in [9.17, 15) is 10.1 Å². The molecule has 1 saturated heterocycles. The van der Waals surface area contributed by atoms with Crippen LogP contribution in [0.5, 0.6) is 0 Å². The van der Waals surface area contributed by atoms with Crippen molar-refractivity contribution in [3.63, 3.8) is 0 Å². The van der Waals surface area contributed by atoms with Crippen LogP contribution in [0.1, 0.15) is 29.3 Å². The number of hydrogen-bond acceptors (Lipinski definition) is 6. The van der Waals surface area contributed by atoms with Gasteiger partial charge < -0.3 is 20.0 Å². The van der Waals surface area contributed by atoms with Crippen LogP contribution >= 0.6 is 12.4 Å². The first-order valence-corrected chi connectivity index (χ1v) is 10.00. The fraction of sp³-hybridized carbons (Fsp3) is 0.409. The molecular weight excluding hydrogens is 400 g/mol. The number of carbonyl (C=O) groups excluding carboxylic acids is 1. The molecule has 7 nitrogen and oxygen atoms in total. The molecule has 2 heterocycles. The van der Waals surface area contributed by atoms with Crippen LogP contribution in [0.25, 0.3) is 0 Å². The lowest BCUT2D eigenvalue weighted by molar-refractivity contribution is 0.0828. The lowest BCUT2D eigenvalue weighted by Crippen LogP contribution is -2.47. The van der Waals surface area contributed by atoms with E-state index >= 15 is 0 Å². The van der Waals surface area contributed by atoms with Gasteiger partial charge in [0.05, 0.1) is 16.9 Å². The summed E-state index contributed by atoms with van der Waals surface area (Å²) >= 11 is 0. The van der Waals surface area contributed by atoms with E-state index in [2.05, 4.69) is 33.1 Å². The summed E-state index contributed by atoms with van der Waals surface area (Å²) in [6.07, 6.45) is 2.72. The number of amides is 1. The highest BCUT2D eigenvalue weighted by atomic mass is 35.5. The summed E-state index contributed by atoms with van der Waals surface area (Å²) in [5.41, 5.74) is 3.20. The normalized spacial score (nSPS) is 13.3. The Hall–Kier alpha value is -2.98. The summed E-state index contributed by atoms with van der Waals surface area (Å²) < 4.78 is 0. The SMILES string of the molecule is CCCNc1nccc(N2CCN(c3ccccc3C#N)CC2)c1C(=O)N(C)C.Cl. The van der Waals surface area contributed by atoms with Crippen molar-refractivity contribution in [2.45, 2.75) is 13.3 Å². The minimum atomic E-state index is -0.0519. The van der Waals surface area contributed by atoms with Gasteiger partial charge in [-0.05, 0) is 24.6 Å². The lowest BCUT2D eigenvalue weighted by atomic mass is 10.1. The maximum absolute atomic E-state index is 12.9. The second kappa shape index (κ2) is 10.7. The second-order valence-electron chi connectivity index (χ2n) is 7.28. The first kappa shape index (κ1) is 23.3. The Morgan fingerprint density at radius 1 is 1.13 bits per heavy atom. The number of rotatable bonds is 6. The predicted molar refractivity (Wildman–Crippen MR) is 124 cm³/mol. The van der Waals surface area contributed by atoms with E-state index in [0.717, 1.165) is 50.5 Å². The molecule has 1 amide bonds. The number of aromatic nitrogens is 1. The molecule has 30 heavy (non-hydrogen) atoms. The van der Waals surface area contributed by atoms with Gasteiger partial charge in [-0.1, -0.05) is 19.1 Å². The van der Waals surface area contributed by atoms with Crippen molar-refractivity contribution in [3.8, 4) is 6.07 Å². The highest BCUT2D eigenvalue weighted by Crippen LogP contribution is 2.29. The van der Waals surface area contributed by atoms with Crippen LogP contribution in [-0.4, -0.2) is 62.6 Å². The summed E-state index contributed by atoms with van der Waals surface area (Å²) in [7, 11) is 3.53. The molecular formula is C22H29ClN6O. The Bertz CT molecular complexity index is 903. The third-order valence-corrected chi connectivity index (χ3v) is 5.08. The van der Waals surface area contributed by atoms with Crippen LogP contribution < -0.4 is 15.1 Å². The Morgan fingerprint density at radius 3 is 2.37 bits per heavy atom. The molecule has 1 aromatic heterocycles. The van der Waals surface area contributed by atoms with Gasteiger partial charge in [0.25, 0.3) is 5.91 Å². The van der Waals surface area contributed by atoms with Crippen LogP contribution in [0.4, 0.5) is 17.2 Å². The topological polar surface area (TPSA) is 75.5 Å². The largest absolute Gasteiger partial charge is 0.369 e. The first-order chi connectivity index (χ1) is 14.1. The summed E-state index contributed by atoms with van der Waals surface area (Å²) in [6, 6.07) is 11.9. The number of anilines is 3. The first-order valence-electron chi connectivity index (χ1n) is 10.00. The molecule has 0 atom stereocenters. The molecule has 1 aromatic carbocycles. The van der Waals surface area contributed by atoms with Crippen LogP contribution in [0.3, 0.4) is 0 Å². The highest BCUT2D eigenvalue weighted by molar-refractivity contribution is 6.04. The van der Waals surface area contributed by atoms with Crippen molar-refractivity contribution >= 4 is 35.5 Å². The average molecular weight is 429 g/mol. The van der Waals surface area contributed by atoms with Gasteiger partial charge in [-0.25, -0.2) is 4.98 Å². The average Bonchev–Trinajstić information content (AvgIpc) is 2.76. The van der Waals surface area contributed by atoms with Crippen LogP contribution in [0, 0.1) is 11.3 Å². The third-order valence-electron chi connectivity index (χ3n) is 5.08. The van der Waals surface area contributed by atoms with Gasteiger partial charge in [-0.2, -0.15) is 5.26 Å². The molecule has 0 aliphatic carbocycles. The number of pyridine rings is 1. The molecule has 8 heteroatoms. The lowest BCUT2D eigenvalue weighted by Gasteiger charge is -2.38. The van der Waals surface area contributed by atoms with Crippen LogP contribution in [-0.2, 0) is 0 Å². The van der Waals surface area contributed by atoms with E-state index < -0.39 is 0 Å². The molecule has 0 unspecified atom stereocenters. The molecule has 1 aliphatic rings. The fourth-order valence-corrected chi connectivity index (χ4v) is 3.56. The summed E-state index contributed by atoms with van der Waals surface area (Å²) in [5.74, 6) is 0.587. The maximum Gasteiger partial charge on any atom is 0.259 e. The minimum Gasteiger partial charge on any atom is -0.369 e. The maximum atomic E-state index is 12.9. The molecule has 1 fully saturated rings. The predicted octanol–water partition coefficient (Wildman–Crippen LogP) is 3.23. The Kier molecular flexibility index (Phi) is 8.31. The van der Waals surface area contributed by atoms with Crippen LogP contribution in [0.15, 0.2) is 36.5 Å². The zero-order chi connectivity index (χ0) is 20.8. The standard InChI is InChI=1S/C22H28N6O.ClH/c1-4-10-24-21-20(22(29)26(2)3)19(9-11-25-21)28-14-12-27(13-15-28)18-8-6-5-7-17(18)16-23;/h5-9,11H,4,10,12-15H2,1-3H3,(H,24,25);1H. The number of halogens is 1. The quantitative estimate of drug-likeness (QED) is 0.761. The van der Waals surface area contributed by atoms with Crippen molar-refractivity contribution in [1.82, 2.24) is 9.88 Å². The summed E-state index contributed by atoms with van der Waals surface area (Å²) in [4.78, 5) is 23.4. The van der Waals surface area contributed by atoms with Gasteiger partial charge in [0.15, 0.2) is 0 Å². The molecule has 0 saturated carbocycles. The fourth-order valence-electron chi connectivity index (χ4n) is 3.56. The second-order valence-corrected chi connectivity index (χ2v) is 7.28. The number of benzene rings is 1. The third kappa shape index (κ3) is 4.95. The van der Waals surface area contributed by atoms with Gasteiger partial charge in [0, 0.05) is 53.0 Å². The molecule has 2 aromatic rings. The van der Waals surface area contributed by atoms with Gasteiger partial charge in [-0.15, -0.1) is 12.4 Å². The Morgan fingerprint density at radius 2 is 1.77 bits per heavy atom. The molecule has 3 rings (SSSR count). The number of nitriles is 1. The van der Waals surface area contributed by atoms with Crippen molar-refractivity contribution in [3.05, 3.63) is 47.7 Å². The summed E-state index contributed by atoms with van der Waals surface area (Å²) in [5, 5.41) is 12.7. The van der Waals surface area contributed by atoms with Crippen molar-refractivity contribution in [2.75, 3.05) is 61.9 Å². The van der Waals surface area contributed by atoms with Gasteiger partial charge in [0.2, 0.25) is 0 Å². The van der Waals surface area contributed by atoms with Gasteiger partial charge >= 0.3 is 0 Å². The Labute approximate surface area is 184 Å². The van der Waals surface area contributed by atoms with Gasteiger partial charge in [-0.3, -0.25) is 4.79 Å². The minimum absolute atomic E-state index is 0. The molecule has 0 bridgehead atoms. The number of para-hydroxylation sites is 1. The number of nitrogens with one attached hydrogen (secondary N) is 1. The van der Waals surface area contributed by atoms with E-state index in [1.54, 1.807) is 25.2 Å². The number of hydrogen-bond donors (Lipinski definition) is 1. The van der Waals surface area contributed by atoms with Crippen molar-refractivity contribution in [1.29, 1.82) is 5.26 Å². The van der Waals surface area contributed by atoms with E-state index in [-0.39, 0.29) is 18.3 Å².